The predicted octanol–water partition coefficient (Wildman–Crippen LogP) is 2.43. The number of rotatable bonds is 6. The lowest BCUT2D eigenvalue weighted by atomic mass is 10.0. The zero-order valence-corrected chi connectivity index (χ0v) is 17.1. The maximum Gasteiger partial charge on any atom is 0.331 e. The molecule has 0 aliphatic carbocycles. The molecule has 1 saturated heterocycles. The summed E-state index contributed by atoms with van der Waals surface area (Å²) in [6.07, 6.45) is 3.66. The number of amides is 1. The number of hydrogen-bond donors (Lipinski definition) is 0. The van der Waals surface area contributed by atoms with Crippen LogP contribution >= 0.6 is 0 Å². The van der Waals surface area contributed by atoms with Crippen molar-refractivity contribution in [1.29, 1.82) is 0 Å². The van der Waals surface area contributed by atoms with Gasteiger partial charge >= 0.3 is 5.69 Å². The van der Waals surface area contributed by atoms with E-state index < -0.39 is 11.2 Å². The van der Waals surface area contributed by atoms with E-state index in [0.717, 1.165) is 28.5 Å². The van der Waals surface area contributed by atoms with E-state index in [1.165, 1.54) is 29.0 Å². The Morgan fingerprint density at radius 2 is 1.77 bits per heavy atom. The van der Waals surface area contributed by atoms with Gasteiger partial charge in [0.25, 0.3) is 5.56 Å². The molecule has 0 N–H and O–H groups in total. The minimum Gasteiger partial charge on any atom is -0.338 e. The van der Waals surface area contributed by atoms with Gasteiger partial charge in [-0.3, -0.25) is 18.7 Å². The molecule has 6 nitrogen and oxygen atoms in total. The smallest absolute Gasteiger partial charge is 0.331 e. The van der Waals surface area contributed by atoms with Crippen molar-refractivity contribution in [3.05, 3.63) is 105 Å². The summed E-state index contributed by atoms with van der Waals surface area (Å²) in [4.78, 5) is 39.9. The van der Waals surface area contributed by atoms with Crippen molar-refractivity contribution in [3.63, 3.8) is 0 Å². The first-order valence-corrected chi connectivity index (χ1v) is 10.4. The van der Waals surface area contributed by atoms with Crippen molar-refractivity contribution < 1.29 is 9.18 Å². The van der Waals surface area contributed by atoms with Crippen LogP contribution in [-0.2, 0) is 24.3 Å². The Hall–Kier alpha value is -3.48. The van der Waals surface area contributed by atoms with E-state index in [0.29, 0.717) is 19.5 Å². The molecule has 0 spiro atoms. The van der Waals surface area contributed by atoms with Crippen LogP contribution in [0.4, 0.5) is 4.39 Å². The van der Waals surface area contributed by atoms with Crippen LogP contribution in [0.5, 0.6) is 0 Å². The number of nitrogens with zero attached hydrogens (tertiary/aromatic N) is 3. The second-order valence-corrected chi connectivity index (χ2v) is 7.85. The van der Waals surface area contributed by atoms with Crippen LogP contribution < -0.4 is 11.2 Å². The Kier molecular flexibility index (Phi) is 6.11. The molecule has 0 bridgehead atoms. The fourth-order valence-electron chi connectivity index (χ4n) is 4.14. The maximum absolute atomic E-state index is 13.5. The highest BCUT2D eigenvalue weighted by atomic mass is 19.1. The molecule has 31 heavy (non-hydrogen) atoms. The van der Waals surface area contributed by atoms with Crippen LogP contribution in [0.2, 0.25) is 0 Å². The maximum atomic E-state index is 13.5. The number of halogens is 1. The first-order chi connectivity index (χ1) is 15.0. The molecule has 1 aromatic heterocycles. The van der Waals surface area contributed by atoms with Gasteiger partial charge in [-0.25, -0.2) is 9.18 Å². The summed E-state index contributed by atoms with van der Waals surface area (Å²) in [5, 5.41) is 0. The second-order valence-electron chi connectivity index (χ2n) is 7.85. The van der Waals surface area contributed by atoms with Gasteiger partial charge in [-0.1, -0.05) is 42.5 Å². The number of carbonyl (C=O) groups is 1. The molecule has 2 heterocycles. The van der Waals surface area contributed by atoms with Gasteiger partial charge in [0, 0.05) is 24.8 Å². The molecule has 1 aliphatic rings. The second kappa shape index (κ2) is 9.12. The van der Waals surface area contributed by atoms with Crippen molar-refractivity contribution in [2.45, 2.75) is 38.4 Å². The van der Waals surface area contributed by atoms with Gasteiger partial charge in [0.2, 0.25) is 5.91 Å². The van der Waals surface area contributed by atoms with Gasteiger partial charge in [0.05, 0.1) is 6.54 Å². The number of carbonyl (C=O) groups excluding carboxylic acids is 1. The standard InChI is InChI=1S/C24H24FN3O3/c25-20-9-4-8-19(14-20)15-21-10-5-12-27(21)23(30)17-28-22(29)11-13-26(24(28)31)16-18-6-2-1-3-7-18/h1-4,6-9,11,13-14,21H,5,10,12,15-17H2. The number of hydrogen-bond acceptors (Lipinski definition) is 3. The molecule has 1 unspecified atom stereocenters. The molecule has 2 aromatic carbocycles. The Bertz CT molecular complexity index is 1190. The summed E-state index contributed by atoms with van der Waals surface area (Å²) in [7, 11) is 0. The van der Waals surface area contributed by atoms with Crippen LogP contribution in [0.25, 0.3) is 0 Å². The summed E-state index contributed by atoms with van der Waals surface area (Å²) in [5.74, 6) is -0.571. The molecular weight excluding hydrogens is 397 g/mol. The zero-order chi connectivity index (χ0) is 21.8. The fourth-order valence-corrected chi connectivity index (χ4v) is 4.14. The van der Waals surface area contributed by atoms with Gasteiger partial charge < -0.3 is 4.90 Å². The van der Waals surface area contributed by atoms with Crippen LogP contribution in [0.3, 0.4) is 0 Å². The summed E-state index contributed by atoms with van der Waals surface area (Å²) < 4.78 is 15.9. The molecule has 4 rings (SSSR count). The van der Waals surface area contributed by atoms with Crippen molar-refractivity contribution >= 4 is 5.91 Å². The minimum absolute atomic E-state index is 0.0692. The van der Waals surface area contributed by atoms with Crippen molar-refractivity contribution in [1.82, 2.24) is 14.0 Å². The first-order valence-electron chi connectivity index (χ1n) is 10.4. The molecule has 7 heteroatoms. The fraction of sp³-hybridized carbons (Fsp3) is 0.292. The van der Waals surface area contributed by atoms with E-state index in [1.807, 2.05) is 36.4 Å². The van der Waals surface area contributed by atoms with E-state index in [9.17, 15) is 18.8 Å². The normalized spacial score (nSPS) is 15.9. The highest BCUT2D eigenvalue weighted by molar-refractivity contribution is 5.76. The molecule has 160 valence electrons. The van der Waals surface area contributed by atoms with E-state index in [1.54, 1.807) is 11.0 Å². The third-order valence-electron chi connectivity index (χ3n) is 5.69. The lowest BCUT2D eigenvalue weighted by Crippen LogP contribution is -2.45. The van der Waals surface area contributed by atoms with Gasteiger partial charge in [0.1, 0.15) is 12.4 Å². The predicted molar refractivity (Wildman–Crippen MR) is 115 cm³/mol. The van der Waals surface area contributed by atoms with Crippen molar-refractivity contribution in [2.75, 3.05) is 6.54 Å². The number of aromatic nitrogens is 2. The van der Waals surface area contributed by atoms with Crippen LogP contribution in [0.1, 0.15) is 24.0 Å². The monoisotopic (exact) mass is 421 g/mol. The Labute approximate surface area is 179 Å². The van der Waals surface area contributed by atoms with E-state index >= 15 is 0 Å². The van der Waals surface area contributed by atoms with E-state index in [4.69, 9.17) is 0 Å². The quantitative estimate of drug-likeness (QED) is 0.614. The topological polar surface area (TPSA) is 64.3 Å². The lowest BCUT2D eigenvalue weighted by molar-refractivity contribution is -0.132. The lowest BCUT2D eigenvalue weighted by Gasteiger charge is -2.25. The van der Waals surface area contributed by atoms with Crippen LogP contribution in [0.15, 0.2) is 76.4 Å². The summed E-state index contributed by atoms with van der Waals surface area (Å²) in [5.41, 5.74) is 0.747. The molecule has 0 radical (unpaired) electrons. The average molecular weight is 421 g/mol. The molecule has 0 saturated carbocycles. The Morgan fingerprint density at radius 1 is 1.00 bits per heavy atom. The highest BCUT2D eigenvalue weighted by Crippen LogP contribution is 2.22. The molecule has 1 atom stereocenters. The minimum atomic E-state index is -0.509. The van der Waals surface area contributed by atoms with Gasteiger partial charge in [-0.05, 0) is 42.5 Å². The van der Waals surface area contributed by atoms with Crippen molar-refractivity contribution in [3.8, 4) is 0 Å². The van der Waals surface area contributed by atoms with Gasteiger partial charge in [0.15, 0.2) is 0 Å². The zero-order valence-electron chi connectivity index (χ0n) is 17.1. The van der Waals surface area contributed by atoms with Gasteiger partial charge in [-0.15, -0.1) is 0 Å². The number of likely N-dealkylation sites (tertiary alicyclic amines) is 1. The Morgan fingerprint density at radius 3 is 2.55 bits per heavy atom. The molecule has 1 aliphatic heterocycles. The summed E-state index contributed by atoms with van der Waals surface area (Å²) >= 11 is 0. The van der Waals surface area contributed by atoms with Crippen LogP contribution in [-0.4, -0.2) is 32.5 Å². The molecule has 3 aromatic rings. The van der Waals surface area contributed by atoms with Crippen molar-refractivity contribution in [2.24, 2.45) is 0 Å². The van der Waals surface area contributed by atoms with E-state index in [-0.39, 0.29) is 24.3 Å². The third kappa shape index (κ3) is 4.82. The van der Waals surface area contributed by atoms with Crippen LogP contribution in [0, 0.1) is 5.82 Å². The average Bonchev–Trinajstić information content (AvgIpc) is 3.22. The van der Waals surface area contributed by atoms with E-state index in [2.05, 4.69) is 0 Å². The largest absolute Gasteiger partial charge is 0.338 e. The highest BCUT2D eigenvalue weighted by Gasteiger charge is 2.29. The number of benzene rings is 2. The molecule has 1 fully saturated rings. The molecular formula is C24H24FN3O3. The Balaban J connectivity index is 1.51. The first kappa shape index (κ1) is 20.8. The third-order valence-corrected chi connectivity index (χ3v) is 5.69. The molecule has 1 amide bonds. The SMILES string of the molecule is O=C(Cn1c(=O)ccn(Cc2ccccc2)c1=O)N1CCCC1Cc1cccc(F)c1. The summed E-state index contributed by atoms with van der Waals surface area (Å²) in [6.45, 7) is 0.589. The summed E-state index contributed by atoms with van der Waals surface area (Å²) in [6, 6.07) is 17.1. The van der Waals surface area contributed by atoms with Gasteiger partial charge in [-0.2, -0.15) is 0 Å².